The van der Waals surface area contributed by atoms with Crippen LogP contribution in [-0.4, -0.2) is 12.0 Å². The average Bonchev–Trinajstić information content (AvgIpc) is 2.99. The molecule has 26 heavy (non-hydrogen) atoms. The van der Waals surface area contributed by atoms with Crippen LogP contribution in [0.25, 0.3) is 21.9 Å². The number of hydrogen-bond donors (Lipinski definition) is 1. The van der Waals surface area contributed by atoms with Crippen LogP contribution in [0.15, 0.2) is 71.1 Å². The van der Waals surface area contributed by atoms with Crippen molar-refractivity contribution < 1.29 is 13.9 Å². The highest BCUT2D eigenvalue weighted by Gasteiger charge is 2.16. The fourth-order valence-corrected chi connectivity index (χ4v) is 2.99. The fourth-order valence-electron chi connectivity index (χ4n) is 2.99. The molecule has 130 valence electrons. The Kier molecular flexibility index (Phi) is 4.09. The summed E-state index contributed by atoms with van der Waals surface area (Å²) in [5, 5.41) is 4.99. The number of anilines is 1. The Morgan fingerprint density at radius 1 is 0.962 bits per heavy atom. The van der Waals surface area contributed by atoms with Crippen LogP contribution in [0.4, 0.5) is 5.69 Å². The number of nitrogens with one attached hydrogen (secondary N) is 1. The van der Waals surface area contributed by atoms with Crippen molar-refractivity contribution in [2.45, 2.75) is 20.0 Å². The maximum Gasteiger partial charge on any atom is 0.265 e. The molecule has 0 spiro atoms. The predicted octanol–water partition coefficient (Wildman–Crippen LogP) is 5.30. The van der Waals surface area contributed by atoms with E-state index in [-0.39, 0.29) is 5.91 Å². The Morgan fingerprint density at radius 3 is 2.62 bits per heavy atom. The zero-order chi connectivity index (χ0) is 18.1. The third kappa shape index (κ3) is 3.14. The molecule has 0 aliphatic rings. The van der Waals surface area contributed by atoms with Crippen molar-refractivity contribution in [1.82, 2.24) is 0 Å². The molecule has 0 unspecified atom stereocenters. The van der Waals surface area contributed by atoms with Crippen molar-refractivity contribution >= 4 is 33.5 Å². The number of carbonyl (C=O) groups is 1. The first-order chi connectivity index (χ1) is 12.6. The lowest BCUT2D eigenvalue weighted by molar-refractivity contribution is -0.122. The average molecular weight is 345 g/mol. The molecule has 1 heterocycles. The zero-order valence-electron chi connectivity index (χ0n) is 14.7. The van der Waals surface area contributed by atoms with Gasteiger partial charge in [0.25, 0.3) is 5.91 Å². The number of rotatable bonds is 4. The Hall–Kier alpha value is -3.27. The van der Waals surface area contributed by atoms with E-state index in [4.69, 9.17) is 9.15 Å². The van der Waals surface area contributed by atoms with Crippen LogP contribution >= 0.6 is 0 Å². The third-order valence-corrected chi connectivity index (χ3v) is 4.32. The zero-order valence-corrected chi connectivity index (χ0v) is 14.7. The monoisotopic (exact) mass is 345 g/mol. The number of ether oxygens (including phenoxy) is 1. The lowest BCUT2D eigenvalue weighted by Crippen LogP contribution is -2.30. The maximum absolute atomic E-state index is 12.4. The van der Waals surface area contributed by atoms with Crippen molar-refractivity contribution in [3.05, 3.63) is 72.3 Å². The Labute approximate surface area is 151 Å². The lowest BCUT2D eigenvalue weighted by atomic mass is 10.1. The van der Waals surface area contributed by atoms with Crippen LogP contribution in [0.2, 0.25) is 0 Å². The number of carbonyl (C=O) groups excluding carboxylic acids is 1. The van der Waals surface area contributed by atoms with Crippen LogP contribution < -0.4 is 10.1 Å². The highest BCUT2D eigenvalue weighted by atomic mass is 16.5. The van der Waals surface area contributed by atoms with E-state index in [1.54, 1.807) is 6.92 Å². The number of hydrogen-bond acceptors (Lipinski definition) is 3. The summed E-state index contributed by atoms with van der Waals surface area (Å²) >= 11 is 0. The van der Waals surface area contributed by atoms with Gasteiger partial charge in [-0.25, -0.2) is 0 Å². The molecule has 1 aromatic heterocycles. The van der Waals surface area contributed by atoms with Gasteiger partial charge in [-0.2, -0.15) is 0 Å². The molecular weight excluding hydrogens is 326 g/mol. The second kappa shape index (κ2) is 6.56. The smallest absolute Gasteiger partial charge is 0.265 e. The van der Waals surface area contributed by atoms with E-state index < -0.39 is 6.10 Å². The van der Waals surface area contributed by atoms with Crippen molar-refractivity contribution in [3.63, 3.8) is 0 Å². The largest absolute Gasteiger partial charge is 0.481 e. The molecule has 1 atom stereocenters. The van der Waals surface area contributed by atoms with E-state index in [0.29, 0.717) is 11.4 Å². The number of benzene rings is 3. The van der Waals surface area contributed by atoms with E-state index in [2.05, 4.69) is 5.32 Å². The van der Waals surface area contributed by atoms with E-state index in [0.717, 1.165) is 27.5 Å². The Bertz CT molecular complexity index is 1100. The normalized spacial score (nSPS) is 12.2. The third-order valence-electron chi connectivity index (χ3n) is 4.32. The van der Waals surface area contributed by atoms with Gasteiger partial charge in [-0.1, -0.05) is 30.3 Å². The highest BCUT2D eigenvalue weighted by molar-refractivity contribution is 6.06. The molecular formula is C22H19NO3. The van der Waals surface area contributed by atoms with Crippen molar-refractivity contribution in [1.29, 1.82) is 0 Å². The van der Waals surface area contributed by atoms with E-state index >= 15 is 0 Å². The summed E-state index contributed by atoms with van der Waals surface area (Å²) in [5.41, 5.74) is 3.35. The Balaban J connectivity index is 1.52. The SMILES string of the molecule is Cc1cccc(O[C@H](C)C(=O)Nc2ccc3c(c2)oc2ccccc23)c1. The molecule has 0 saturated heterocycles. The predicted molar refractivity (Wildman–Crippen MR) is 104 cm³/mol. The van der Waals surface area contributed by atoms with Gasteiger partial charge in [0.2, 0.25) is 0 Å². The number of furan rings is 1. The molecule has 0 aliphatic carbocycles. The van der Waals surface area contributed by atoms with Gasteiger partial charge >= 0.3 is 0 Å². The highest BCUT2D eigenvalue weighted by Crippen LogP contribution is 2.30. The van der Waals surface area contributed by atoms with Crippen LogP contribution in [0, 0.1) is 6.92 Å². The summed E-state index contributed by atoms with van der Waals surface area (Å²) < 4.78 is 11.6. The van der Waals surface area contributed by atoms with Crippen molar-refractivity contribution in [2.24, 2.45) is 0 Å². The first-order valence-corrected chi connectivity index (χ1v) is 8.55. The van der Waals surface area contributed by atoms with Gasteiger partial charge in [0, 0.05) is 22.5 Å². The minimum atomic E-state index is -0.608. The summed E-state index contributed by atoms with van der Waals surface area (Å²) in [7, 11) is 0. The van der Waals surface area contributed by atoms with Gasteiger partial charge in [-0.05, 0) is 49.7 Å². The summed E-state index contributed by atoms with van der Waals surface area (Å²) in [5.74, 6) is 0.474. The second-order valence-electron chi connectivity index (χ2n) is 6.37. The van der Waals surface area contributed by atoms with Gasteiger partial charge in [0.1, 0.15) is 16.9 Å². The molecule has 4 rings (SSSR count). The standard InChI is InChI=1S/C22H19NO3/c1-14-6-5-7-17(12-14)25-15(2)22(24)23-16-10-11-19-18-8-3-4-9-20(18)26-21(19)13-16/h3-13,15H,1-2H3,(H,23,24)/t15-/m1/s1. The molecule has 1 N–H and O–H groups in total. The molecule has 4 aromatic rings. The van der Waals surface area contributed by atoms with Crippen molar-refractivity contribution in [2.75, 3.05) is 5.32 Å². The Morgan fingerprint density at radius 2 is 1.77 bits per heavy atom. The van der Waals surface area contributed by atoms with Gasteiger partial charge < -0.3 is 14.5 Å². The second-order valence-corrected chi connectivity index (χ2v) is 6.37. The molecule has 1 amide bonds. The first-order valence-electron chi connectivity index (χ1n) is 8.55. The summed E-state index contributed by atoms with van der Waals surface area (Å²) in [6.45, 7) is 3.72. The summed E-state index contributed by atoms with van der Waals surface area (Å²) in [6.07, 6.45) is -0.608. The van der Waals surface area contributed by atoms with Gasteiger partial charge in [0.15, 0.2) is 6.10 Å². The number of amides is 1. The van der Waals surface area contributed by atoms with Gasteiger partial charge in [-0.3, -0.25) is 4.79 Å². The molecule has 0 bridgehead atoms. The van der Waals surface area contributed by atoms with Gasteiger partial charge in [-0.15, -0.1) is 0 Å². The van der Waals surface area contributed by atoms with E-state index in [1.807, 2.05) is 73.7 Å². The summed E-state index contributed by atoms with van der Waals surface area (Å²) in [6, 6.07) is 21.2. The van der Waals surface area contributed by atoms with Crippen LogP contribution in [0.1, 0.15) is 12.5 Å². The maximum atomic E-state index is 12.4. The van der Waals surface area contributed by atoms with Crippen LogP contribution in [-0.2, 0) is 4.79 Å². The minimum Gasteiger partial charge on any atom is -0.481 e. The van der Waals surface area contributed by atoms with E-state index in [9.17, 15) is 4.79 Å². The molecule has 3 aromatic carbocycles. The molecule has 4 heteroatoms. The molecule has 0 aliphatic heterocycles. The topological polar surface area (TPSA) is 51.5 Å². The number of para-hydroxylation sites is 1. The quantitative estimate of drug-likeness (QED) is 0.546. The van der Waals surface area contributed by atoms with Crippen molar-refractivity contribution in [3.8, 4) is 5.75 Å². The molecule has 0 radical (unpaired) electrons. The lowest BCUT2D eigenvalue weighted by Gasteiger charge is -2.15. The fraction of sp³-hybridized carbons (Fsp3) is 0.136. The van der Waals surface area contributed by atoms with Crippen LogP contribution in [0.5, 0.6) is 5.75 Å². The van der Waals surface area contributed by atoms with Crippen LogP contribution in [0.3, 0.4) is 0 Å². The van der Waals surface area contributed by atoms with Gasteiger partial charge in [0.05, 0.1) is 0 Å². The van der Waals surface area contributed by atoms with E-state index in [1.165, 1.54) is 0 Å². The molecule has 0 saturated carbocycles. The number of aryl methyl sites for hydroxylation is 1. The first kappa shape index (κ1) is 16.2. The molecule has 4 nitrogen and oxygen atoms in total. The summed E-state index contributed by atoms with van der Waals surface area (Å²) in [4.78, 5) is 12.4. The molecule has 0 fully saturated rings. The minimum absolute atomic E-state index is 0.207. The number of fused-ring (bicyclic) bond motifs is 3.